The maximum absolute atomic E-state index is 12.2. The van der Waals surface area contributed by atoms with Gasteiger partial charge in [-0.1, -0.05) is 25.1 Å². The summed E-state index contributed by atoms with van der Waals surface area (Å²) in [6.07, 6.45) is 0. The van der Waals surface area contributed by atoms with E-state index in [-0.39, 0.29) is 18.1 Å². The summed E-state index contributed by atoms with van der Waals surface area (Å²) in [4.78, 5) is 24.8. The number of hydrogen-bond donors (Lipinski definition) is 1. The van der Waals surface area contributed by atoms with E-state index in [2.05, 4.69) is 5.32 Å². The van der Waals surface area contributed by atoms with Crippen molar-refractivity contribution in [1.82, 2.24) is 4.90 Å². The minimum Gasteiger partial charge on any atom is -0.497 e. The number of rotatable bonds is 8. The molecule has 7 nitrogen and oxygen atoms in total. The maximum Gasteiger partial charge on any atom is 0.273 e. The van der Waals surface area contributed by atoms with E-state index in [1.165, 1.54) is 6.07 Å². The number of amides is 1. The van der Waals surface area contributed by atoms with Gasteiger partial charge in [-0.2, -0.15) is 0 Å². The van der Waals surface area contributed by atoms with Crippen LogP contribution in [0.4, 0.5) is 11.4 Å². The quantitative estimate of drug-likeness (QED) is 0.588. The zero-order valence-corrected chi connectivity index (χ0v) is 14.3. The molecule has 0 saturated carbocycles. The lowest BCUT2D eigenvalue weighted by molar-refractivity contribution is -0.385. The number of carbonyl (C=O) groups excluding carboxylic acids is 1. The Morgan fingerprint density at radius 3 is 2.48 bits per heavy atom. The number of nitrogens with zero attached hydrogens (tertiary/aromatic N) is 2. The number of likely N-dealkylation sites (N-methyl/N-ethyl adjacent to an activating group) is 1. The zero-order valence-electron chi connectivity index (χ0n) is 14.3. The Bertz CT molecular complexity index is 731. The van der Waals surface area contributed by atoms with E-state index in [1.54, 1.807) is 49.6 Å². The molecule has 0 atom stereocenters. The SMILES string of the molecule is CCN(CC(=O)Nc1ccc(OC)cc1)Cc1ccccc1[N+](=O)[O-]. The second-order valence-corrected chi connectivity index (χ2v) is 5.47. The van der Waals surface area contributed by atoms with Crippen LogP contribution >= 0.6 is 0 Å². The van der Waals surface area contributed by atoms with Crippen LogP contribution in [0.1, 0.15) is 12.5 Å². The van der Waals surface area contributed by atoms with Gasteiger partial charge in [0.15, 0.2) is 0 Å². The van der Waals surface area contributed by atoms with Crippen LogP contribution in [0, 0.1) is 10.1 Å². The number of carbonyl (C=O) groups is 1. The number of ether oxygens (including phenoxy) is 1. The summed E-state index contributed by atoms with van der Waals surface area (Å²) in [5.74, 6) is 0.537. The Hall–Kier alpha value is -2.93. The van der Waals surface area contributed by atoms with Gasteiger partial charge in [0.25, 0.3) is 5.69 Å². The van der Waals surface area contributed by atoms with E-state index >= 15 is 0 Å². The van der Waals surface area contributed by atoms with Crippen LogP contribution in [-0.4, -0.2) is 35.9 Å². The molecule has 0 aliphatic rings. The molecule has 0 heterocycles. The van der Waals surface area contributed by atoms with Crippen molar-refractivity contribution < 1.29 is 14.5 Å². The Morgan fingerprint density at radius 1 is 1.20 bits per heavy atom. The second-order valence-electron chi connectivity index (χ2n) is 5.47. The van der Waals surface area contributed by atoms with Crippen molar-refractivity contribution >= 4 is 17.3 Å². The summed E-state index contributed by atoms with van der Waals surface area (Å²) >= 11 is 0. The topological polar surface area (TPSA) is 84.7 Å². The smallest absolute Gasteiger partial charge is 0.273 e. The van der Waals surface area contributed by atoms with Crippen molar-refractivity contribution in [3.63, 3.8) is 0 Å². The van der Waals surface area contributed by atoms with E-state index < -0.39 is 4.92 Å². The maximum atomic E-state index is 12.2. The lowest BCUT2D eigenvalue weighted by atomic mass is 10.1. The molecule has 25 heavy (non-hydrogen) atoms. The van der Waals surface area contributed by atoms with Crippen LogP contribution in [0.15, 0.2) is 48.5 Å². The minimum absolute atomic E-state index is 0.0662. The molecule has 0 saturated heterocycles. The van der Waals surface area contributed by atoms with Gasteiger partial charge < -0.3 is 10.1 Å². The van der Waals surface area contributed by atoms with Crippen molar-refractivity contribution in [3.8, 4) is 5.75 Å². The highest BCUT2D eigenvalue weighted by Crippen LogP contribution is 2.19. The largest absolute Gasteiger partial charge is 0.497 e. The predicted molar refractivity (Wildman–Crippen MR) is 95.7 cm³/mol. The van der Waals surface area contributed by atoms with Gasteiger partial charge in [-0.25, -0.2) is 0 Å². The van der Waals surface area contributed by atoms with Crippen LogP contribution in [0.3, 0.4) is 0 Å². The Balaban J connectivity index is 1.99. The van der Waals surface area contributed by atoms with Gasteiger partial charge in [0.2, 0.25) is 5.91 Å². The van der Waals surface area contributed by atoms with E-state index in [9.17, 15) is 14.9 Å². The van der Waals surface area contributed by atoms with Gasteiger partial charge >= 0.3 is 0 Å². The first-order valence-electron chi connectivity index (χ1n) is 7.92. The number of benzene rings is 2. The van der Waals surface area contributed by atoms with Crippen LogP contribution in [0.2, 0.25) is 0 Å². The molecule has 0 bridgehead atoms. The first kappa shape index (κ1) is 18.4. The van der Waals surface area contributed by atoms with E-state index in [4.69, 9.17) is 4.74 Å². The Kier molecular flexibility index (Phi) is 6.47. The average Bonchev–Trinajstić information content (AvgIpc) is 2.62. The van der Waals surface area contributed by atoms with Gasteiger partial charge in [0.1, 0.15) is 5.75 Å². The molecule has 0 aliphatic carbocycles. The average molecular weight is 343 g/mol. The van der Waals surface area contributed by atoms with E-state index in [1.807, 2.05) is 11.8 Å². The number of anilines is 1. The van der Waals surface area contributed by atoms with Crippen molar-refractivity contribution in [3.05, 3.63) is 64.2 Å². The lowest BCUT2D eigenvalue weighted by Crippen LogP contribution is -2.32. The molecule has 0 unspecified atom stereocenters. The van der Waals surface area contributed by atoms with Crippen LogP contribution < -0.4 is 10.1 Å². The molecule has 2 aromatic rings. The fraction of sp³-hybridized carbons (Fsp3) is 0.278. The summed E-state index contributed by atoms with van der Waals surface area (Å²) in [6, 6.07) is 13.6. The molecule has 0 spiro atoms. The Labute approximate surface area is 146 Å². The monoisotopic (exact) mass is 343 g/mol. The number of para-hydroxylation sites is 1. The molecule has 1 N–H and O–H groups in total. The van der Waals surface area contributed by atoms with Crippen LogP contribution in [0.5, 0.6) is 5.75 Å². The minimum atomic E-state index is -0.402. The third-order valence-electron chi connectivity index (χ3n) is 3.77. The fourth-order valence-electron chi connectivity index (χ4n) is 2.42. The van der Waals surface area contributed by atoms with E-state index in [0.717, 1.165) is 0 Å². The van der Waals surface area contributed by atoms with Crippen molar-refractivity contribution in [2.45, 2.75) is 13.5 Å². The summed E-state index contributed by atoms with van der Waals surface area (Å²) in [5.41, 5.74) is 1.33. The molecular weight excluding hydrogens is 322 g/mol. The fourth-order valence-corrected chi connectivity index (χ4v) is 2.42. The van der Waals surface area contributed by atoms with Gasteiger partial charge in [-0.05, 0) is 30.8 Å². The normalized spacial score (nSPS) is 10.5. The van der Waals surface area contributed by atoms with Gasteiger partial charge in [-0.15, -0.1) is 0 Å². The third kappa shape index (κ3) is 5.29. The number of nitro benzene ring substituents is 1. The molecule has 0 fully saturated rings. The molecule has 2 aromatic carbocycles. The van der Waals surface area contributed by atoms with Crippen LogP contribution in [-0.2, 0) is 11.3 Å². The first-order chi connectivity index (χ1) is 12.0. The second kappa shape index (κ2) is 8.79. The lowest BCUT2D eigenvalue weighted by Gasteiger charge is -2.20. The molecular formula is C18H21N3O4. The summed E-state index contributed by atoms with van der Waals surface area (Å²) < 4.78 is 5.08. The molecule has 0 aromatic heterocycles. The summed E-state index contributed by atoms with van der Waals surface area (Å²) in [7, 11) is 1.58. The number of nitro groups is 1. The molecule has 132 valence electrons. The first-order valence-corrected chi connectivity index (χ1v) is 7.92. The van der Waals surface area contributed by atoms with E-state index in [0.29, 0.717) is 30.1 Å². The molecule has 0 radical (unpaired) electrons. The molecule has 0 aliphatic heterocycles. The molecule has 1 amide bonds. The summed E-state index contributed by atoms with van der Waals surface area (Å²) in [6.45, 7) is 3.00. The Morgan fingerprint density at radius 2 is 1.88 bits per heavy atom. The van der Waals surface area contributed by atoms with Crippen molar-refractivity contribution in [2.24, 2.45) is 0 Å². The number of nitrogens with one attached hydrogen (secondary N) is 1. The van der Waals surface area contributed by atoms with Gasteiger partial charge in [0.05, 0.1) is 18.6 Å². The number of methoxy groups -OCH3 is 1. The highest BCUT2D eigenvalue weighted by atomic mass is 16.6. The third-order valence-corrected chi connectivity index (χ3v) is 3.77. The van der Waals surface area contributed by atoms with Crippen molar-refractivity contribution in [2.75, 3.05) is 25.5 Å². The predicted octanol–water partition coefficient (Wildman–Crippen LogP) is 3.06. The standard InChI is InChI=1S/C18H21N3O4/c1-3-20(12-14-6-4-5-7-17(14)21(23)24)13-18(22)19-15-8-10-16(25-2)11-9-15/h4-11H,3,12-13H2,1-2H3,(H,19,22). The zero-order chi connectivity index (χ0) is 18.2. The highest BCUT2D eigenvalue weighted by molar-refractivity contribution is 5.92. The molecule has 7 heteroatoms. The molecule has 2 rings (SSSR count). The highest BCUT2D eigenvalue weighted by Gasteiger charge is 2.16. The number of hydrogen-bond acceptors (Lipinski definition) is 5. The summed E-state index contributed by atoms with van der Waals surface area (Å²) in [5, 5.41) is 13.9. The van der Waals surface area contributed by atoms with Crippen LogP contribution in [0.25, 0.3) is 0 Å². The van der Waals surface area contributed by atoms with Gasteiger partial charge in [-0.3, -0.25) is 19.8 Å². The van der Waals surface area contributed by atoms with Crippen molar-refractivity contribution in [1.29, 1.82) is 0 Å². The van der Waals surface area contributed by atoms with Gasteiger partial charge in [0, 0.05) is 23.9 Å².